The lowest BCUT2D eigenvalue weighted by molar-refractivity contribution is 0.0836. The highest BCUT2D eigenvalue weighted by atomic mass is 79.9. The van der Waals surface area contributed by atoms with Crippen LogP contribution in [0.4, 0.5) is 5.69 Å². The molecule has 1 aromatic rings. The fraction of sp³-hybridized carbons (Fsp3) is 0.444. The topological polar surface area (TPSA) is 45.1 Å². The van der Waals surface area contributed by atoms with Crippen LogP contribution < -0.4 is 5.32 Å². The molecule has 2 rings (SSSR count). The second-order valence-electron chi connectivity index (χ2n) is 3.36. The first-order valence-electron chi connectivity index (χ1n) is 4.29. The van der Waals surface area contributed by atoms with Crippen LogP contribution in [-0.2, 0) is 0 Å². The predicted molar refractivity (Wildman–Crippen MR) is 54.6 cm³/mol. The third kappa shape index (κ3) is 2.19. The smallest absolute Gasteiger partial charge is 0.0579 e. The van der Waals surface area contributed by atoms with Crippen LogP contribution in [0.25, 0.3) is 0 Å². The molecule has 0 amide bonds. The largest absolute Gasteiger partial charge is 0.393 e. The number of nitrogens with zero attached hydrogens (tertiary/aromatic N) is 1. The van der Waals surface area contributed by atoms with Gasteiger partial charge in [0.25, 0.3) is 0 Å². The number of aliphatic hydroxyl groups excluding tert-OH is 1. The highest BCUT2D eigenvalue weighted by molar-refractivity contribution is 9.10. The van der Waals surface area contributed by atoms with Gasteiger partial charge in [0.15, 0.2) is 0 Å². The van der Waals surface area contributed by atoms with Gasteiger partial charge in [-0.3, -0.25) is 4.98 Å². The SMILES string of the molecule is OC1CC(Nc2cncc(Br)c2)C1. The van der Waals surface area contributed by atoms with Crippen molar-refractivity contribution in [2.24, 2.45) is 0 Å². The van der Waals surface area contributed by atoms with Crippen molar-refractivity contribution in [3.05, 3.63) is 22.9 Å². The molecule has 13 heavy (non-hydrogen) atoms. The first kappa shape index (κ1) is 8.97. The third-order valence-corrected chi connectivity index (χ3v) is 2.62. The first-order chi connectivity index (χ1) is 6.24. The van der Waals surface area contributed by atoms with Crippen LogP contribution in [0.15, 0.2) is 22.9 Å². The minimum atomic E-state index is -0.113. The Bertz CT molecular complexity index is 299. The molecule has 0 aromatic carbocycles. The van der Waals surface area contributed by atoms with E-state index in [0.717, 1.165) is 23.0 Å². The van der Waals surface area contributed by atoms with Crippen molar-refractivity contribution < 1.29 is 5.11 Å². The molecule has 0 unspecified atom stereocenters. The summed E-state index contributed by atoms with van der Waals surface area (Å²) in [5.41, 5.74) is 1.01. The maximum atomic E-state index is 9.09. The van der Waals surface area contributed by atoms with E-state index >= 15 is 0 Å². The zero-order valence-corrected chi connectivity index (χ0v) is 8.66. The molecule has 0 atom stereocenters. The van der Waals surface area contributed by atoms with E-state index in [1.54, 1.807) is 12.4 Å². The number of halogens is 1. The number of aromatic nitrogens is 1. The molecule has 1 aromatic heterocycles. The van der Waals surface area contributed by atoms with Gasteiger partial charge in [0.1, 0.15) is 0 Å². The van der Waals surface area contributed by atoms with E-state index in [4.69, 9.17) is 5.11 Å². The van der Waals surface area contributed by atoms with Crippen LogP contribution >= 0.6 is 15.9 Å². The molecule has 1 aliphatic rings. The normalized spacial score (nSPS) is 26.6. The summed E-state index contributed by atoms with van der Waals surface area (Å²) in [7, 11) is 0. The molecule has 0 aliphatic heterocycles. The minimum Gasteiger partial charge on any atom is -0.393 e. The second-order valence-corrected chi connectivity index (χ2v) is 4.27. The fourth-order valence-corrected chi connectivity index (χ4v) is 1.80. The van der Waals surface area contributed by atoms with E-state index in [1.807, 2.05) is 6.07 Å². The van der Waals surface area contributed by atoms with E-state index in [1.165, 1.54) is 0 Å². The molecule has 0 bridgehead atoms. The number of aliphatic hydroxyl groups is 1. The number of nitrogens with one attached hydrogen (secondary N) is 1. The molecule has 1 saturated carbocycles. The maximum Gasteiger partial charge on any atom is 0.0579 e. The number of rotatable bonds is 2. The van der Waals surface area contributed by atoms with Gasteiger partial charge in [0, 0.05) is 16.7 Å². The maximum absolute atomic E-state index is 9.09. The molecule has 0 saturated heterocycles. The monoisotopic (exact) mass is 242 g/mol. The van der Waals surface area contributed by atoms with Gasteiger partial charge in [-0.2, -0.15) is 0 Å². The lowest BCUT2D eigenvalue weighted by atomic mass is 9.89. The fourth-order valence-electron chi connectivity index (χ4n) is 1.43. The summed E-state index contributed by atoms with van der Waals surface area (Å²) in [6.45, 7) is 0. The van der Waals surface area contributed by atoms with Crippen molar-refractivity contribution in [2.75, 3.05) is 5.32 Å². The standard InChI is InChI=1S/C9H11BrN2O/c10-6-1-8(5-11-4-6)12-7-2-9(13)3-7/h1,4-5,7,9,12-13H,2-3H2. The number of pyridine rings is 1. The lowest BCUT2D eigenvalue weighted by Crippen LogP contribution is -2.38. The summed E-state index contributed by atoms with van der Waals surface area (Å²) >= 11 is 3.35. The number of hydrogen-bond donors (Lipinski definition) is 2. The van der Waals surface area contributed by atoms with Crippen molar-refractivity contribution in [3.8, 4) is 0 Å². The molecule has 2 N–H and O–H groups in total. The van der Waals surface area contributed by atoms with Crippen molar-refractivity contribution in [1.82, 2.24) is 4.98 Å². The zero-order chi connectivity index (χ0) is 9.26. The molecule has 3 nitrogen and oxygen atoms in total. The molecule has 0 radical (unpaired) electrons. The van der Waals surface area contributed by atoms with Crippen LogP contribution in [0.2, 0.25) is 0 Å². The third-order valence-electron chi connectivity index (χ3n) is 2.19. The molecule has 0 spiro atoms. The number of hydrogen-bond acceptors (Lipinski definition) is 3. The summed E-state index contributed by atoms with van der Waals surface area (Å²) in [5.74, 6) is 0. The van der Waals surface area contributed by atoms with Gasteiger partial charge in [-0.1, -0.05) is 0 Å². The van der Waals surface area contributed by atoms with E-state index in [0.29, 0.717) is 6.04 Å². The van der Waals surface area contributed by atoms with E-state index < -0.39 is 0 Å². The summed E-state index contributed by atoms with van der Waals surface area (Å²) in [4.78, 5) is 4.04. The molecule has 1 aliphatic carbocycles. The van der Waals surface area contributed by atoms with Crippen LogP contribution in [0.3, 0.4) is 0 Å². The van der Waals surface area contributed by atoms with E-state index in [2.05, 4.69) is 26.2 Å². The van der Waals surface area contributed by atoms with E-state index in [-0.39, 0.29) is 6.10 Å². The van der Waals surface area contributed by atoms with Gasteiger partial charge >= 0.3 is 0 Å². The Labute approximate surface area is 85.3 Å². The molecule has 4 heteroatoms. The van der Waals surface area contributed by atoms with Crippen LogP contribution in [-0.4, -0.2) is 22.2 Å². The van der Waals surface area contributed by atoms with Crippen LogP contribution in [0.5, 0.6) is 0 Å². The summed E-state index contributed by atoms with van der Waals surface area (Å²) < 4.78 is 0.970. The summed E-state index contributed by atoms with van der Waals surface area (Å²) in [6.07, 6.45) is 5.10. The van der Waals surface area contributed by atoms with Crippen molar-refractivity contribution in [1.29, 1.82) is 0 Å². The van der Waals surface area contributed by atoms with Crippen LogP contribution in [0.1, 0.15) is 12.8 Å². The quantitative estimate of drug-likeness (QED) is 0.832. The Balaban J connectivity index is 1.94. The molecular formula is C9H11BrN2O. The molecular weight excluding hydrogens is 232 g/mol. The number of anilines is 1. The van der Waals surface area contributed by atoms with Crippen LogP contribution in [0, 0.1) is 0 Å². The Kier molecular flexibility index (Phi) is 2.51. The Morgan fingerprint density at radius 3 is 2.85 bits per heavy atom. The van der Waals surface area contributed by atoms with Gasteiger partial charge in [-0.15, -0.1) is 0 Å². The van der Waals surface area contributed by atoms with Gasteiger partial charge < -0.3 is 10.4 Å². The minimum absolute atomic E-state index is 0.113. The van der Waals surface area contributed by atoms with Gasteiger partial charge in [-0.05, 0) is 34.8 Å². The van der Waals surface area contributed by atoms with E-state index in [9.17, 15) is 0 Å². The van der Waals surface area contributed by atoms with Gasteiger partial charge in [0.2, 0.25) is 0 Å². The van der Waals surface area contributed by atoms with Crippen molar-refractivity contribution in [3.63, 3.8) is 0 Å². The lowest BCUT2D eigenvalue weighted by Gasteiger charge is -2.32. The van der Waals surface area contributed by atoms with Gasteiger partial charge in [-0.25, -0.2) is 0 Å². The second kappa shape index (κ2) is 3.64. The highest BCUT2D eigenvalue weighted by Crippen LogP contribution is 2.24. The molecule has 1 fully saturated rings. The molecule has 1 heterocycles. The summed E-state index contributed by atoms with van der Waals surface area (Å²) in [6, 6.07) is 2.39. The first-order valence-corrected chi connectivity index (χ1v) is 5.08. The molecule has 70 valence electrons. The highest BCUT2D eigenvalue weighted by Gasteiger charge is 2.26. The van der Waals surface area contributed by atoms with Crippen molar-refractivity contribution in [2.45, 2.75) is 25.0 Å². The zero-order valence-electron chi connectivity index (χ0n) is 7.07. The van der Waals surface area contributed by atoms with Gasteiger partial charge in [0.05, 0.1) is 18.0 Å². The predicted octanol–water partition coefficient (Wildman–Crippen LogP) is 1.78. The average Bonchev–Trinajstić information content (AvgIpc) is 2.01. The van der Waals surface area contributed by atoms with Crippen molar-refractivity contribution >= 4 is 21.6 Å². The Hall–Kier alpha value is -0.610. The Morgan fingerprint density at radius 2 is 2.23 bits per heavy atom. The average molecular weight is 243 g/mol. The Morgan fingerprint density at radius 1 is 1.46 bits per heavy atom. The summed E-state index contributed by atoms with van der Waals surface area (Å²) in [5, 5.41) is 12.4.